The number of benzene rings is 1. The van der Waals surface area contributed by atoms with Gasteiger partial charge in [0.05, 0.1) is 0 Å². The van der Waals surface area contributed by atoms with Gasteiger partial charge in [-0.15, -0.1) is 0 Å². The van der Waals surface area contributed by atoms with Crippen LogP contribution in [0.2, 0.25) is 0 Å². The minimum absolute atomic E-state index is 1.02. The van der Waals surface area contributed by atoms with E-state index in [4.69, 9.17) is 0 Å². The number of nitrogens with one attached hydrogen (secondary N) is 1. The van der Waals surface area contributed by atoms with Crippen molar-refractivity contribution < 1.29 is 0 Å². The molecule has 0 aliphatic heterocycles. The largest absolute Gasteiger partial charge is 0.355 e. The minimum atomic E-state index is 1.02. The molecule has 1 aliphatic carbocycles. The Morgan fingerprint density at radius 1 is 1.06 bits per heavy atom. The molecule has 1 nitrogen and oxygen atoms in total. The molecule has 1 aliphatic rings. The molecule has 3 rings (SSSR count). The molecule has 2 aromatic rings. The first-order valence-electron chi connectivity index (χ1n) is 5.88. The van der Waals surface area contributed by atoms with Gasteiger partial charge in [-0.3, -0.25) is 0 Å². The van der Waals surface area contributed by atoms with E-state index in [1.165, 1.54) is 22.2 Å². The fourth-order valence-electron chi connectivity index (χ4n) is 2.00. The van der Waals surface area contributed by atoms with E-state index >= 15 is 0 Å². The van der Waals surface area contributed by atoms with Crippen LogP contribution in [0.25, 0.3) is 17.0 Å². The number of allylic oxidation sites excluding steroid dienone is 3. The van der Waals surface area contributed by atoms with Crippen molar-refractivity contribution in [3.63, 3.8) is 0 Å². The molecule has 0 saturated carbocycles. The zero-order chi connectivity index (χ0) is 11.4. The summed E-state index contributed by atoms with van der Waals surface area (Å²) in [6.45, 7) is 4.00. The van der Waals surface area contributed by atoms with Gasteiger partial charge in [0.2, 0.25) is 0 Å². The van der Waals surface area contributed by atoms with Crippen LogP contribution in [0.4, 0.5) is 0 Å². The lowest BCUT2D eigenvalue weighted by Gasteiger charge is -1.94. The molecule has 0 bridgehead atoms. The maximum absolute atomic E-state index is 3.43. The Balaban J connectivity index is 0.000000457. The van der Waals surface area contributed by atoms with Crippen LogP contribution in [-0.2, 0) is 6.42 Å². The summed E-state index contributed by atoms with van der Waals surface area (Å²) in [7, 11) is 0. The summed E-state index contributed by atoms with van der Waals surface area (Å²) in [4.78, 5) is 3.43. The number of aromatic nitrogens is 1. The molecule has 16 heavy (non-hydrogen) atoms. The molecule has 0 atom stereocenters. The number of hydrogen-bond acceptors (Lipinski definition) is 0. The van der Waals surface area contributed by atoms with E-state index in [1.54, 1.807) is 0 Å². The summed E-state index contributed by atoms with van der Waals surface area (Å²) in [6.07, 6.45) is 9.54. The van der Waals surface area contributed by atoms with Gasteiger partial charge in [-0.05, 0) is 24.1 Å². The molecule has 0 fully saturated rings. The fraction of sp³-hybridized carbons (Fsp3) is 0.200. The topological polar surface area (TPSA) is 15.8 Å². The van der Waals surface area contributed by atoms with Gasteiger partial charge in [0.15, 0.2) is 0 Å². The van der Waals surface area contributed by atoms with Crippen molar-refractivity contribution in [1.29, 1.82) is 0 Å². The van der Waals surface area contributed by atoms with Crippen molar-refractivity contribution in [2.24, 2.45) is 0 Å². The summed E-state index contributed by atoms with van der Waals surface area (Å²) in [6, 6.07) is 8.46. The SMILES string of the molecule is C1=CCc2c([nH]c3ccccc23)C=C1.CC. The van der Waals surface area contributed by atoms with E-state index in [1.807, 2.05) is 13.8 Å². The molecule has 0 spiro atoms. The van der Waals surface area contributed by atoms with Crippen LogP contribution in [0.5, 0.6) is 0 Å². The summed E-state index contributed by atoms with van der Waals surface area (Å²) in [5, 5.41) is 1.35. The van der Waals surface area contributed by atoms with Gasteiger partial charge in [-0.1, -0.05) is 50.3 Å². The zero-order valence-electron chi connectivity index (χ0n) is 9.83. The van der Waals surface area contributed by atoms with E-state index in [9.17, 15) is 0 Å². The Labute approximate surface area is 96.5 Å². The molecule has 1 aromatic carbocycles. The zero-order valence-corrected chi connectivity index (χ0v) is 9.83. The Morgan fingerprint density at radius 2 is 1.88 bits per heavy atom. The molecule has 0 saturated heterocycles. The smallest absolute Gasteiger partial charge is 0.0461 e. The molecule has 1 aromatic heterocycles. The molecular formula is C15H17N. The Bertz CT molecular complexity index is 529. The first-order chi connectivity index (χ1) is 7.95. The minimum Gasteiger partial charge on any atom is -0.355 e. The molecule has 1 heterocycles. The average Bonchev–Trinajstić information content (AvgIpc) is 2.54. The lowest BCUT2D eigenvalue weighted by molar-refractivity contribution is 1.27. The highest BCUT2D eigenvalue weighted by molar-refractivity contribution is 5.87. The third-order valence-electron chi connectivity index (χ3n) is 2.68. The van der Waals surface area contributed by atoms with E-state index < -0.39 is 0 Å². The summed E-state index contributed by atoms with van der Waals surface area (Å²) >= 11 is 0. The monoisotopic (exact) mass is 211 g/mol. The average molecular weight is 211 g/mol. The lowest BCUT2D eigenvalue weighted by Crippen LogP contribution is -1.80. The predicted molar refractivity (Wildman–Crippen MR) is 71.5 cm³/mol. The Morgan fingerprint density at radius 3 is 2.75 bits per heavy atom. The van der Waals surface area contributed by atoms with Crippen LogP contribution in [0.1, 0.15) is 25.1 Å². The van der Waals surface area contributed by atoms with Gasteiger partial charge < -0.3 is 4.98 Å². The molecule has 82 valence electrons. The molecule has 0 unspecified atom stereocenters. The number of H-pyrrole nitrogens is 1. The number of rotatable bonds is 0. The third-order valence-corrected chi connectivity index (χ3v) is 2.68. The maximum atomic E-state index is 3.43. The van der Waals surface area contributed by atoms with Crippen LogP contribution < -0.4 is 0 Å². The first-order valence-corrected chi connectivity index (χ1v) is 5.88. The summed E-state index contributed by atoms with van der Waals surface area (Å²) in [5.41, 5.74) is 3.89. The van der Waals surface area contributed by atoms with Crippen molar-refractivity contribution in [1.82, 2.24) is 4.98 Å². The van der Waals surface area contributed by atoms with Gasteiger partial charge in [0.25, 0.3) is 0 Å². The Hall–Kier alpha value is -1.76. The number of fused-ring (bicyclic) bond motifs is 3. The summed E-state index contributed by atoms with van der Waals surface area (Å²) < 4.78 is 0. The van der Waals surface area contributed by atoms with Crippen molar-refractivity contribution in [2.45, 2.75) is 20.3 Å². The highest BCUT2D eigenvalue weighted by atomic mass is 14.7. The second kappa shape index (κ2) is 4.84. The van der Waals surface area contributed by atoms with Crippen LogP contribution in [0.15, 0.2) is 42.5 Å². The molecular weight excluding hydrogens is 194 g/mol. The second-order valence-corrected chi connectivity index (χ2v) is 3.55. The van der Waals surface area contributed by atoms with Gasteiger partial charge in [-0.2, -0.15) is 0 Å². The van der Waals surface area contributed by atoms with Crippen LogP contribution in [0.3, 0.4) is 0 Å². The molecule has 1 heteroatoms. The molecule has 0 amide bonds. The van der Waals surface area contributed by atoms with Crippen LogP contribution >= 0.6 is 0 Å². The quantitative estimate of drug-likeness (QED) is 0.668. The maximum Gasteiger partial charge on any atom is 0.0461 e. The lowest BCUT2D eigenvalue weighted by atomic mass is 10.1. The number of para-hydroxylation sites is 1. The van der Waals surface area contributed by atoms with Gasteiger partial charge in [0, 0.05) is 16.6 Å². The standard InChI is InChI=1S/C13H11N.C2H6/c1-2-6-10-11-7-4-5-9-13(11)14-12(10)8-3-1;1-2/h1-5,7-9,14H,6H2;1-2H3. The second-order valence-electron chi connectivity index (χ2n) is 3.55. The van der Waals surface area contributed by atoms with E-state index in [2.05, 4.69) is 53.6 Å². The highest BCUT2D eigenvalue weighted by Crippen LogP contribution is 2.25. The normalized spacial score (nSPS) is 12.9. The number of aromatic amines is 1. The van der Waals surface area contributed by atoms with Gasteiger partial charge >= 0.3 is 0 Å². The number of hydrogen-bond donors (Lipinski definition) is 1. The third kappa shape index (κ3) is 1.81. The van der Waals surface area contributed by atoms with E-state index in [0.717, 1.165) is 6.42 Å². The van der Waals surface area contributed by atoms with Crippen molar-refractivity contribution in [2.75, 3.05) is 0 Å². The van der Waals surface area contributed by atoms with Gasteiger partial charge in [-0.25, -0.2) is 0 Å². The fourth-order valence-corrected chi connectivity index (χ4v) is 2.00. The Kier molecular flexibility index (Phi) is 3.25. The summed E-state index contributed by atoms with van der Waals surface area (Å²) in [5.74, 6) is 0. The van der Waals surface area contributed by atoms with E-state index in [-0.39, 0.29) is 0 Å². The van der Waals surface area contributed by atoms with E-state index in [0.29, 0.717) is 0 Å². The first kappa shape index (κ1) is 10.7. The van der Waals surface area contributed by atoms with Crippen molar-refractivity contribution >= 4 is 17.0 Å². The van der Waals surface area contributed by atoms with Crippen molar-refractivity contribution in [3.05, 3.63) is 53.8 Å². The van der Waals surface area contributed by atoms with Crippen LogP contribution in [0, 0.1) is 0 Å². The molecule has 0 radical (unpaired) electrons. The molecule has 1 N–H and O–H groups in total. The predicted octanol–water partition coefficient (Wildman–Crippen LogP) is 4.32. The highest BCUT2D eigenvalue weighted by Gasteiger charge is 2.07. The van der Waals surface area contributed by atoms with Crippen LogP contribution in [-0.4, -0.2) is 4.98 Å². The van der Waals surface area contributed by atoms with Crippen molar-refractivity contribution in [3.8, 4) is 0 Å². The van der Waals surface area contributed by atoms with Gasteiger partial charge in [0.1, 0.15) is 0 Å².